The monoisotopic (exact) mass is 941 g/mol. The topological polar surface area (TPSA) is 217 Å². The first-order valence-electron chi connectivity index (χ1n) is 22.1. The molecule has 4 saturated heterocycles. The van der Waals surface area contributed by atoms with Crippen LogP contribution in [0.1, 0.15) is 68.5 Å². The van der Waals surface area contributed by atoms with Crippen molar-refractivity contribution in [3.63, 3.8) is 0 Å². The second-order valence-electron chi connectivity index (χ2n) is 17.5. The molecule has 0 unspecified atom stereocenters. The van der Waals surface area contributed by atoms with E-state index in [0.29, 0.717) is 86.1 Å². The lowest BCUT2D eigenvalue weighted by Crippen LogP contribution is -2.50. The van der Waals surface area contributed by atoms with Crippen molar-refractivity contribution >= 4 is 61.4 Å². The van der Waals surface area contributed by atoms with Crippen LogP contribution in [0.3, 0.4) is 0 Å². The number of aromatic nitrogens is 4. The van der Waals surface area contributed by atoms with E-state index in [1.807, 2.05) is 11.0 Å². The largest absolute Gasteiger partial charge is 0.453 e. The Morgan fingerprint density at radius 3 is 2.52 bits per heavy atom. The molecule has 2 aromatic heterocycles. The number of anilines is 2. The van der Waals surface area contributed by atoms with Crippen LogP contribution < -0.4 is 25.2 Å². The Balaban J connectivity index is 0.801. The van der Waals surface area contributed by atoms with Crippen LogP contribution in [0.25, 0.3) is 21.8 Å². The second kappa shape index (κ2) is 17.9. The van der Waals surface area contributed by atoms with Gasteiger partial charge in [-0.25, -0.2) is 18.6 Å². The summed E-state index contributed by atoms with van der Waals surface area (Å²) in [6.07, 6.45) is 4.61. The van der Waals surface area contributed by atoms with Gasteiger partial charge < -0.3 is 14.4 Å². The Morgan fingerprint density at radius 1 is 1.04 bits per heavy atom. The molecule has 67 heavy (non-hydrogen) atoms. The van der Waals surface area contributed by atoms with Gasteiger partial charge in [0.05, 0.1) is 53.2 Å². The summed E-state index contributed by atoms with van der Waals surface area (Å²) >= 11 is 0. The zero-order valence-corrected chi connectivity index (χ0v) is 37.9. The van der Waals surface area contributed by atoms with E-state index in [-0.39, 0.29) is 90.2 Å². The summed E-state index contributed by atoms with van der Waals surface area (Å²) < 4.78 is 74.9. The minimum atomic E-state index is -4.04. The summed E-state index contributed by atoms with van der Waals surface area (Å²) in [6.45, 7) is 4.64. The highest BCUT2D eigenvalue weighted by Gasteiger charge is 2.44. The van der Waals surface area contributed by atoms with E-state index in [4.69, 9.17) is 9.47 Å². The minimum absolute atomic E-state index is 0.00757. The first-order chi connectivity index (χ1) is 32.1. The molecule has 0 radical (unpaired) electrons. The number of nitriles is 1. The van der Waals surface area contributed by atoms with Gasteiger partial charge in [-0.1, -0.05) is 6.92 Å². The van der Waals surface area contributed by atoms with Crippen LogP contribution in [0.4, 0.5) is 25.1 Å². The number of benzene rings is 3. The van der Waals surface area contributed by atoms with E-state index < -0.39 is 33.4 Å². The summed E-state index contributed by atoms with van der Waals surface area (Å²) in [6, 6.07) is 10.6. The molecule has 5 aromatic rings. The molecule has 2 N–H and O–H groups in total. The third-order valence-electron chi connectivity index (χ3n) is 13.5. The number of carbonyl (C=O) groups excluding carboxylic acids is 3. The van der Waals surface area contributed by atoms with E-state index >= 15 is 8.78 Å². The van der Waals surface area contributed by atoms with Gasteiger partial charge in [-0.3, -0.25) is 43.5 Å². The molecule has 19 nitrogen and oxygen atoms in total. The maximum absolute atomic E-state index is 15.7. The Labute approximate surface area is 384 Å². The number of imide groups is 1. The van der Waals surface area contributed by atoms with Crippen LogP contribution >= 0.6 is 0 Å². The van der Waals surface area contributed by atoms with Gasteiger partial charge in [-0.2, -0.15) is 23.1 Å². The van der Waals surface area contributed by atoms with Gasteiger partial charge in [0.2, 0.25) is 11.8 Å². The molecule has 1 atom stereocenters. The molecular weight excluding hydrogens is 893 g/mol. The predicted molar refractivity (Wildman–Crippen MR) is 241 cm³/mol. The molecule has 0 bridgehead atoms. The maximum Gasteiger partial charge on any atom is 0.329 e. The fraction of sp³-hybridized carbons (Fsp3) is 0.444. The van der Waals surface area contributed by atoms with Crippen LogP contribution in [-0.4, -0.2) is 125 Å². The van der Waals surface area contributed by atoms with Gasteiger partial charge in [0, 0.05) is 52.1 Å². The molecular formula is C45H49F2N11O8S. The highest BCUT2D eigenvalue weighted by molar-refractivity contribution is 7.90. The molecule has 1 spiro atoms. The maximum atomic E-state index is 15.7. The van der Waals surface area contributed by atoms with Crippen LogP contribution in [0.5, 0.6) is 11.5 Å². The summed E-state index contributed by atoms with van der Waals surface area (Å²) in [5, 5.41) is 17.4. The zero-order chi connectivity index (χ0) is 47.4. The van der Waals surface area contributed by atoms with Crippen molar-refractivity contribution in [2.75, 3.05) is 69.1 Å². The number of likely N-dealkylation sites (tertiary alicyclic amines) is 2. The number of nitrogens with zero attached hydrogens (tertiary/aromatic N) is 9. The van der Waals surface area contributed by atoms with E-state index in [1.165, 1.54) is 47.1 Å². The molecule has 4 amide bonds. The van der Waals surface area contributed by atoms with Crippen molar-refractivity contribution in [2.45, 2.75) is 63.0 Å². The number of hydrogen-bond acceptors (Lipinski definition) is 12. The van der Waals surface area contributed by atoms with Gasteiger partial charge in [0.15, 0.2) is 17.4 Å². The number of nitrogens with one attached hydrogen (secondary N) is 2. The van der Waals surface area contributed by atoms with Crippen LogP contribution in [-0.2, 0) is 31.6 Å². The number of rotatable bonds is 11. The highest BCUT2D eigenvalue weighted by atomic mass is 32.2. The molecule has 0 saturated carbocycles. The van der Waals surface area contributed by atoms with Crippen molar-refractivity contribution in [3.8, 4) is 17.6 Å². The average molecular weight is 942 g/mol. The predicted octanol–water partition coefficient (Wildman–Crippen LogP) is 4.48. The van der Waals surface area contributed by atoms with Crippen LogP contribution in [0, 0.1) is 23.0 Å². The van der Waals surface area contributed by atoms with E-state index in [2.05, 4.69) is 25.0 Å². The number of fused-ring (bicyclic) bond motifs is 2. The van der Waals surface area contributed by atoms with Crippen molar-refractivity contribution in [3.05, 3.63) is 81.9 Å². The number of ether oxygens (including phenoxy) is 2. The molecule has 3 aromatic carbocycles. The summed E-state index contributed by atoms with van der Waals surface area (Å²) in [5.41, 5.74) is 0.142. The summed E-state index contributed by atoms with van der Waals surface area (Å²) in [4.78, 5) is 61.5. The lowest BCUT2D eigenvalue weighted by Gasteiger charge is -2.40. The van der Waals surface area contributed by atoms with Crippen molar-refractivity contribution < 1.29 is 41.1 Å². The van der Waals surface area contributed by atoms with E-state index in [9.17, 15) is 32.9 Å². The number of carbonyl (C=O) groups is 3. The van der Waals surface area contributed by atoms with Crippen LogP contribution in [0.2, 0.25) is 0 Å². The number of piperidine rings is 2. The SMILES string of the molecule is CCN(C)S(=O)(=O)Nc1ccc(F)c(Oc2ccc3ncn([C@H]4COC5(CCN(C(=O)CN6CCC(c7cc8c(cc7F)c(N7CCC(=O)NC7=O)nn8C)CC6)CC5)C4)c(=O)c3c2)c1C#N. The number of amides is 4. The second-order valence-corrected chi connectivity index (χ2v) is 19.3. The average Bonchev–Trinajstić information content (AvgIpc) is 3.86. The van der Waals surface area contributed by atoms with Crippen molar-refractivity contribution in [1.29, 1.82) is 5.26 Å². The van der Waals surface area contributed by atoms with Gasteiger partial charge in [-0.15, -0.1) is 0 Å². The molecule has 352 valence electrons. The Hall–Kier alpha value is -6.54. The molecule has 6 heterocycles. The molecule has 4 aliphatic rings. The quantitative estimate of drug-likeness (QED) is 0.187. The minimum Gasteiger partial charge on any atom is -0.453 e. The first-order valence-corrected chi connectivity index (χ1v) is 23.6. The summed E-state index contributed by atoms with van der Waals surface area (Å²) in [7, 11) is -0.950. The highest BCUT2D eigenvalue weighted by Crippen LogP contribution is 2.41. The third kappa shape index (κ3) is 8.79. The molecule has 0 aliphatic carbocycles. The van der Waals surface area contributed by atoms with Crippen molar-refractivity contribution in [2.24, 2.45) is 7.05 Å². The number of urea groups is 1. The molecule has 22 heteroatoms. The standard InChI is InChI=1S/C45H49F2N11O8S/c1-4-53(2)67(63,64)52-37-8-6-34(46)41(33(37)23-48)66-29-5-7-36-31(19-29)43(61)58(26-49-36)28-22-45(65-25-28)12-17-56(18-13-45)40(60)24-55-14-9-27(10-15-55)30-21-38-32(20-35(30)47)42(51-54(38)3)57-16-11-39(59)50-44(57)62/h5-8,19-21,26-28,52H,4,9-18,22,24-25H2,1-3H3,(H,50,59,62)/t28-/m1/s1. The Kier molecular flexibility index (Phi) is 12.2. The summed E-state index contributed by atoms with van der Waals surface area (Å²) in [5.74, 6) is -1.90. The lowest BCUT2D eigenvalue weighted by atomic mass is 9.87. The van der Waals surface area contributed by atoms with Gasteiger partial charge in [0.25, 0.3) is 5.56 Å². The number of aryl methyl sites for hydroxylation is 1. The fourth-order valence-corrected chi connectivity index (χ4v) is 10.5. The molecule has 4 fully saturated rings. The number of hydrogen-bond donors (Lipinski definition) is 2. The normalized spacial score (nSPS) is 19.4. The lowest BCUT2D eigenvalue weighted by molar-refractivity contribution is -0.137. The molecule has 9 rings (SSSR count). The molecule has 4 aliphatic heterocycles. The van der Waals surface area contributed by atoms with Crippen LogP contribution in [0.15, 0.2) is 53.6 Å². The fourth-order valence-electron chi connectivity index (χ4n) is 9.55. The number of halogens is 2. The van der Waals surface area contributed by atoms with Gasteiger partial charge in [0.1, 0.15) is 23.2 Å². The smallest absolute Gasteiger partial charge is 0.329 e. The zero-order valence-electron chi connectivity index (χ0n) is 37.1. The van der Waals surface area contributed by atoms with E-state index in [1.54, 1.807) is 24.7 Å². The Bertz CT molecular complexity index is 3030. The first kappa shape index (κ1) is 45.6. The third-order valence-corrected chi connectivity index (χ3v) is 15.1. The van der Waals surface area contributed by atoms with E-state index in [0.717, 1.165) is 16.4 Å². The Morgan fingerprint density at radius 2 is 1.81 bits per heavy atom. The van der Waals surface area contributed by atoms with Gasteiger partial charge in [-0.05, 0) is 99.1 Å². The van der Waals surface area contributed by atoms with Gasteiger partial charge >= 0.3 is 16.2 Å². The van der Waals surface area contributed by atoms with Crippen molar-refractivity contribution in [1.82, 2.24) is 38.8 Å².